The third-order valence-corrected chi connectivity index (χ3v) is 17.0. The Labute approximate surface area is 442 Å². The van der Waals surface area contributed by atoms with Crippen molar-refractivity contribution in [2.45, 2.75) is 10.8 Å². The van der Waals surface area contributed by atoms with Gasteiger partial charge in [-0.2, -0.15) is 0 Å². The van der Waals surface area contributed by atoms with Crippen molar-refractivity contribution < 1.29 is 4.42 Å². The maximum absolute atomic E-state index is 6.64. The van der Waals surface area contributed by atoms with Gasteiger partial charge in [0.25, 0.3) is 0 Å². The minimum atomic E-state index is -0.589. The fraction of sp³-hybridized carbons (Fsp3) is 0.0270. The number of furan rings is 1. The first-order valence-electron chi connectivity index (χ1n) is 26.4. The summed E-state index contributed by atoms with van der Waals surface area (Å²) in [6.07, 6.45) is 0. The second kappa shape index (κ2) is 16.4. The van der Waals surface area contributed by atoms with Crippen molar-refractivity contribution in [1.29, 1.82) is 0 Å². The summed E-state index contributed by atoms with van der Waals surface area (Å²) in [7, 11) is 0. The zero-order chi connectivity index (χ0) is 50.0. The van der Waals surface area contributed by atoms with Crippen LogP contribution in [0.4, 0.5) is 17.1 Å². The van der Waals surface area contributed by atoms with Crippen LogP contribution in [0.25, 0.3) is 77.6 Å². The van der Waals surface area contributed by atoms with Crippen LogP contribution in [0.3, 0.4) is 0 Å². The number of benzene rings is 12. The molecule has 0 atom stereocenters. The van der Waals surface area contributed by atoms with Crippen LogP contribution in [0, 0.1) is 0 Å². The minimum absolute atomic E-state index is 0.542. The number of rotatable bonds is 7. The van der Waals surface area contributed by atoms with Crippen molar-refractivity contribution in [1.82, 2.24) is 0 Å². The van der Waals surface area contributed by atoms with E-state index < -0.39 is 10.8 Å². The van der Waals surface area contributed by atoms with Crippen molar-refractivity contribution >= 4 is 39.0 Å². The van der Waals surface area contributed by atoms with Crippen LogP contribution in [0.5, 0.6) is 0 Å². The number of hydrogen-bond donors (Lipinski definition) is 0. The lowest BCUT2D eigenvalue weighted by molar-refractivity contribution is 0.670. The van der Waals surface area contributed by atoms with E-state index in [-0.39, 0.29) is 0 Å². The van der Waals surface area contributed by atoms with E-state index >= 15 is 0 Å². The molecule has 16 rings (SSSR count). The summed E-state index contributed by atoms with van der Waals surface area (Å²) in [6.45, 7) is 0. The topological polar surface area (TPSA) is 16.4 Å². The maximum atomic E-state index is 6.64. The minimum Gasteiger partial charge on any atom is -0.455 e. The van der Waals surface area contributed by atoms with E-state index in [4.69, 9.17) is 4.42 Å². The van der Waals surface area contributed by atoms with E-state index in [9.17, 15) is 0 Å². The van der Waals surface area contributed by atoms with Gasteiger partial charge in [-0.3, -0.25) is 0 Å². The molecule has 1 heterocycles. The van der Waals surface area contributed by atoms with Crippen molar-refractivity contribution in [3.63, 3.8) is 0 Å². The lowest BCUT2D eigenvalue weighted by Crippen LogP contribution is -2.28. The summed E-state index contributed by atoms with van der Waals surface area (Å²) in [4.78, 5) is 2.54. The number of fused-ring (bicyclic) bond motifs is 16. The Kier molecular flexibility index (Phi) is 9.20. The van der Waals surface area contributed by atoms with Crippen molar-refractivity contribution in [2.24, 2.45) is 0 Å². The average molecular weight is 966 g/mol. The van der Waals surface area contributed by atoms with E-state index in [1.54, 1.807) is 0 Å². The third kappa shape index (κ3) is 5.81. The second-order valence-electron chi connectivity index (χ2n) is 20.6. The van der Waals surface area contributed by atoms with E-state index in [0.29, 0.717) is 0 Å². The highest BCUT2D eigenvalue weighted by Crippen LogP contribution is 2.65. The summed E-state index contributed by atoms with van der Waals surface area (Å²) in [5.74, 6) is 0. The highest BCUT2D eigenvalue weighted by atomic mass is 16.3. The number of para-hydroxylation sites is 2. The predicted octanol–water partition coefficient (Wildman–Crippen LogP) is 19.1. The molecule has 354 valence electrons. The molecule has 0 aliphatic heterocycles. The normalized spacial score (nSPS) is 13.7. The van der Waals surface area contributed by atoms with Gasteiger partial charge in [-0.15, -0.1) is 0 Å². The molecule has 1 spiro atoms. The summed E-state index contributed by atoms with van der Waals surface area (Å²) < 4.78 is 6.64. The largest absolute Gasteiger partial charge is 0.455 e. The molecule has 3 aliphatic carbocycles. The molecule has 0 fully saturated rings. The van der Waals surface area contributed by atoms with Crippen molar-refractivity contribution in [2.75, 3.05) is 4.90 Å². The zero-order valence-corrected chi connectivity index (χ0v) is 41.5. The van der Waals surface area contributed by atoms with E-state index in [1.807, 2.05) is 6.07 Å². The van der Waals surface area contributed by atoms with Crippen LogP contribution in [-0.2, 0) is 10.8 Å². The fourth-order valence-electron chi connectivity index (χ4n) is 13.9. The molecule has 1 aromatic heterocycles. The lowest BCUT2D eigenvalue weighted by Gasteiger charge is -2.35. The van der Waals surface area contributed by atoms with Crippen molar-refractivity contribution in [3.05, 3.63) is 330 Å². The summed E-state index contributed by atoms with van der Waals surface area (Å²) in [5.41, 5.74) is 26.2. The van der Waals surface area contributed by atoms with E-state index in [2.05, 4.69) is 284 Å². The molecule has 13 aromatic rings. The van der Waals surface area contributed by atoms with Gasteiger partial charge in [0.15, 0.2) is 0 Å². The Morgan fingerprint density at radius 1 is 0.263 bits per heavy atom. The van der Waals surface area contributed by atoms with E-state index in [1.165, 1.54) is 77.9 Å². The predicted molar refractivity (Wildman–Crippen MR) is 313 cm³/mol. The first kappa shape index (κ1) is 42.7. The third-order valence-electron chi connectivity index (χ3n) is 17.0. The molecule has 12 aromatic carbocycles. The summed E-state index contributed by atoms with van der Waals surface area (Å²) in [6, 6.07) is 106. The smallest absolute Gasteiger partial charge is 0.143 e. The van der Waals surface area contributed by atoms with Crippen LogP contribution < -0.4 is 4.90 Å². The first-order valence-corrected chi connectivity index (χ1v) is 26.4. The quantitative estimate of drug-likeness (QED) is 0.158. The summed E-state index contributed by atoms with van der Waals surface area (Å²) >= 11 is 0. The van der Waals surface area contributed by atoms with Crippen LogP contribution in [0.2, 0.25) is 0 Å². The Bertz CT molecular complexity index is 4370. The van der Waals surface area contributed by atoms with Gasteiger partial charge in [0, 0.05) is 33.3 Å². The van der Waals surface area contributed by atoms with Crippen LogP contribution >= 0.6 is 0 Å². The van der Waals surface area contributed by atoms with Crippen LogP contribution in [-0.4, -0.2) is 0 Å². The highest BCUT2D eigenvalue weighted by Gasteiger charge is 2.52. The van der Waals surface area contributed by atoms with E-state index in [0.717, 1.165) is 61.3 Å². The molecule has 0 N–H and O–H groups in total. The molecule has 0 unspecified atom stereocenters. The molecular weight excluding hydrogens is 919 g/mol. The average Bonchev–Trinajstić information content (AvgIpc) is 4.41. The second-order valence-corrected chi connectivity index (χ2v) is 20.6. The highest BCUT2D eigenvalue weighted by molar-refractivity contribution is 6.10. The molecule has 0 saturated carbocycles. The summed E-state index contributed by atoms with van der Waals surface area (Å²) in [5, 5.41) is 2.24. The van der Waals surface area contributed by atoms with Crippen LogP contribution in [0.15, 0.2) is 290 Å². The Balaban J connectivity index is 0.998. The maximum Gasteiger partial charge on any atom is 0.143 e. The Morgan fingerprint density at radius 2 is 0.711 bits per heavy atom. The molecule has 3 aliphatic rings. The SMILES string of the molecule is c1ccc(-c2cc3c(cc2N(c2ccc(-c4cccc5c4oc4ccccc45)cc2)c2ccc4c(c2)C(c2ccccc2)(c2ccccc2)c2ccccc2-4)C2(c4ccccc4-c4ccccc42)c2ccccc2-3)cc1. The Morgan fingerprint density at radius 3 is 1.33 bits per heavy atom. The molecule has 2 nitrogen and oxygen atoms in total. The number of hydrogen-bond acceptors (Lipinski definition) is 2. The molecule has 76 heavy (non-hydrogen) atoms. The molecular formula is C74H47NO. The van der Waals surface area contributed by atoms with Crippen molar-refractivity contribution in [3.8, 4) is 55.6 Å². The lowest BCUT2D eigenvalue weighted by atomic mass is 9.67. The fourth-order valence-corrected chi connectivity index (χ4v) is 13.9. The molecule has 2 heteroatoms. The van der Waals surface area contributed by atoms with Gasteiger partial charge in [-0.1, -0.05) is 243 Å². The molecule has 0 bridgehead atoms. The Hall–Kier alpha value is -9.76. The number of anilines is 3. The van der Waals surface area contributed by atoms with Gasteiger partial charge in [0.2, 0.25) is 0 Å². The van der Waals surface area contributed by atoms with Gasteiger partial charge in [0.1, 0.15) is 11.2 Å². The molecule has 0 radical (unpaired) electrons. The molecule has 0 amide bonds. The standard InChI is InChI=1S/C74H47NO/c1-4-21-48(22-5-1)62-46-63-58-30-13-18-37-67(58)74(65-35-16-11-27-55(65)56-28-12-17-36-66(56)74)69(63)47-70(62)75(52-41-39-49(40-42-52)54-32-20-33-61-60-31-14-19-38-71(60)76-72(54)61)53-43-44-59-57-29-10-15-34-64(57)73(68(59)45-53,50-23-6-2-7-24-50)51-25-8-3-9-26-51/h1-47H. The van der Waals surface area contributed by atoms with Gasteiger partial charge in [-0.25, -0.2) is 0 Å². The van der Waals surface area contributed by atoms with Gasteiger partial charge in [-0.05, 0) is 131 Å². The molecule has 0 saturated heterocycles. The first-order chi connectivity index (χ1) is 37.7. The van der Waals surface area contributed by atoms with Gasteiger partial charge < -0.3 is 9.32 Å². The monoisotopic (exact) mass is 965 g/mol. The number of nitrogens with zero attached hydrogens (tertiary/aromatic N) is 1. The van der Waals surface area contributed by atoms with Crippen LogP contribution in [0.1, 0.15) is 44.5 Å². The van der Waals surface area contributed by atoms with Gasteiger partial charge >= 0.3 is 0 Å². The van der Waals surface area contributed by atoms with Gasteiger partial charge in [0.05, 0.1) is 16.5 Å². The zero-order valence-electron chi connectivity index (χ0n) is 41.5.